The molecule has 108 valence electrons. The van der Waals surface area contributed by atoms with Crippen molar-refractivity contribution in [1.29, 1.82) is 0 Å². The van der Waals surface area contributed by atoms with Gasteiger partial charge in [0.05, 0.1) is 16.0 Å². The summed E-state index contributed by atoms with van der Waals surface area (Å²) in [6.45, 7) is 7.35. The Morgan fingerprint density at radius 3 is 2.68 bits per heavy atom. The van der Waals surface area contributed by atoms with E-state index >= 15 is 0 Å². The molecule has 0 radical (unpaired) electrons. The standard InChI is InChI=1S/C14H22ClNO2S/c1-3-16-13(11-5-6-12(15)19-11)14(18-4-2)7-9-17-10-8-14/h5-6,13,16H,3-4,7-10H2,1-2H3. The average molecular weight is 304 g/mol. The number of thiophene rings is 1. The van der Waals surface area contributed by atoms with Gasteiger partial charge in [0.2, 0.25) is 0 Å². The average Bonchev–Trinajstić information content (AvgIpc) is 2.83. The molecule has 0 aromatic carbocycles. The van der Waals surface area contributed by atoms with Gasteiger partial charge >= 0.3 is 0 Å². The van der Waals surface area contributed by atoms with Crippen molar-refractivity contribution in [2.75, 3.05) is 26.4 Å². The number of likely N-dealkylation sites (N-methyl/N-ethyl adjacent to an activating group) is 1. The maximum atomic E-state index is 6.17. The molecule has 1 unspecified atom stereocenters. The third kappa shape index (κ3) is 3.50. The predicted octanol–water partition coefficient (Wildman–Crippen LogP) is 3.64. The summed E-state index contributed by atoms with van der Waals surface area (Å²) in [7, 11) is 0. The highest BCUT2D eigenvalue weighted by molar-refractivity contribution is 7.16. The molecule has 0 aliphatic carbocycles. The van der Waals surface area contributed by atoms with E-state index in [-0.39, 0.29) is 11.6 Å². The summed E-state index contributed by atoms with van der Waals surface area (Å²) in [4.78, 5) is 1.25. The zero-order valence-electron chi connectivity index (χ0n) is 11.6. The van der Waals surface area contributed by atoms with Crippen LogP contribution in [0.15, 0.2) is 12.1 Å². The third-order valence-corrected chi connectivity index (χ3v) is 4.88. The summed E-state index contributed by atoms with van der Waals surface area (Å²) in [6.07, 6.45) is 1.85. The molecule has 1 saturated heterocycles. The van der Waals surface area contributed by atoms with Crippen molar-refractivity contribution in [1.82, 2.24) is 5.32 Å². The first-order valence-electron chi connectivity index (χ1n) is 6.92. The first-order valence-corrected chi connectivity index (χ1v) is 8.11. The van der Waals surface area contributed by atoms with Crippen molar-refractivity contribution in [3.63, 3.8) is 0 Å². The Balaban J connectivity index is 2.27. The van der Waals surface area contributed by atoms with Gasteiger partial charge < -0.3 is 14.8 Å². The summed E-state index contributed by atoms with van der Waals surface area (Å²) in [5.41, 5.74) is -0.169. The lowest BCUT2D eigenvalue weighted by atomic mass is 9.85. The van der Waals surface area contributed by atoms with Gasteiger partial charge in [-0.1, -0.05) is 18.5 Å². The van der Waals surface area contributed by atoms with Crippen LogP contribution in [0.1, 0.15) is 37.6 Å². The molecular formula is C14H22ClNO2S. The van der Waals surface area contributed by atoms with Crippen molar-refractivity contribution >= 4 is 22.9 Å². The molecule has 1 N–H and O–H groups in total. The second-order valence-corrected chi connectivity index (χ2v) is 6.49. The topological polar surface area (TPSA) is 30.5 Å². The third-order valence-electron chi connectivity index (χ3n) is 3.58. The molecule has 1 aromatic rings. The molecule has 0 amide bonds. The Bertz CT molecular complexity index is 385. The van der Waals surface area contributed by atoms with Gasteiger partial charge in [0.1, 0.15) is 0 Å². The van der Waals surface area contributed by atoms with Gasteiger partial charge in [0, 0.05) is 37.5 Å². The molecule has 1 atom stereocenters. The van der Waals surface area contributed by atoms with Crippen LogP contribution in [0.4, 0.5) is 0 Å². The van der Waals surface area contributed by atoms with Crippen LogP contribution in [-0.4, -0.2) is 32.0 Å². The molecule has 0 spiro atoms. The zero-order valence-corrected chi connectivity index (χ0v) is 13.1. The van der Waals surface area contributed by atoms with Crippen LogP contribution in [0.25, 0.3) is 0 Å². The normalized spacial score (nSPS) is 20.4. The monoisotopic (exact) mass is 303 g/mol. The number of ether oxygens (including phenoxy) is 2. The van der Waals surface area contributed by atoms with Gasteiger partial charge in [0.25, 0.3) is 0 Å². The van der Waals surface area contributed by atoms with Crippen molar-refractivity contribution < 1.29 is 9.47 Å². The Kier molecular flexibility index (Phi) is 5.66. The molecule has 3 nitrogen and oxygen atoms in total. The quantitative estimate of drug-likeness (QED) is 0.870. The van der Waals surface area contributed by atoms with Crippen LogP contribution in [0.5, 0.6) is 0 Å². The van der Waals surface area contributed by atoms with E-state index in [9.17, 15) is 0 Å². The van der Waals surface area contributed by atoms with E-state index in [2.05, 4.69) is 25.2 Å². The lowest BCUT2D eigenvalue weighted by Gasteiger charge is -2.43. The first-order chi connectivity index (χ1) is 9.22. The van der Waals surface area contributed by atoms with Crippen LogP contribution in [0.3, 0.4) is 0 Å². The molecule has 1 aromatic heterocycles. The van der Waals surface area contributed by atoms with E-state index in [0.29, 0.717) is 0 Å². The first kappa shape index (κ1) is 15.3. The Hall–Kier alpha value is -0.130. The maximum absolute atomic E-state index is 6.17. The molecule has 1 fully saturated rings. The smallest absolute Gasteiger partial charge is 0.0931 e. The summed E-state index contributed by atoms with van der Waals surface area (Å²) in [5.74, 6) is 0. The lowest BCUT2D eigenvalue weighted by molar-refractivity contribution is -0.127. The fourth-order valence-corrected chi connectivity index (χ4v) is 4.00. The van der Waals surface area contributed by atoms with Crippen molar-refractivity contribution in [3.05, 3.63) is 21.3 Å². The van der Waals surface area contributed by atoms with Crippen molar-refractivity contribution in [2.24, 2.45) is 0 Å². The van der Waals surface area contributed by atoms with Crippen LogP contribution in [0, 0.1) is 0 Å². The largest absolute Gasteiger partial charge is 0.381 e. The fourth-order valence-electron chi connectivity index (χ4n) is 2.75. The summed E-state index contributed by atoms with van der Waals surface area (Å²) in [6, 6.07) is 4.26. The van der Waals surface area contributed by atoms with Gasteiger partial charge in [0.15, 0.2) is 0 Å². The molecule has 1 aliphatic heterocycles. The van der Waals surface area contributed by atoms with Gasteiger partial charge in [-0.15, -0.1) is 11.3 Å². The van der Waals surface area contributed by atoms with Gasteiger partial charge in [-0.05, 0) is 25.6 Å². The maximum Gasteiger partial charge on any atom is 0.0931 e. The number of hydrogen-bond acceptors (Lipinski definition) is 4. The molecule has 0 saturated carbocycles. The van der Waals surface area contributed by atoms with Crippen LogP contribution < -0.4 is 5.32 Å². The molecule has 1 aliphatic rings. The van der Waals surface area contributed by atoms with Crippen LogP contribution in [0.2, 0.25) is 4.34 Å². The molecule has 19 heavy (non-hydrogen) atoms. The molecular weight excluding hydrogens is 282 g/mol. The molecule has 5 heteroatoms. The second-order valence-electron chi connectivity index (χ2n) is 4.74. The lowest BCUT2D eigenvalue weighted by Crippen LogP contribution is -2.49. The highest BCUT2D eigenvalue weighted by atomic mass is 35.5. The van der Waals surface area contributed by atoms with E-state index in [1.807, 2.05) is 6.07 Å². The SMILES string of the molecule is CCNC(c1ccc(Cl)s1)C1(OCC)CCOCC1. The van der Waals surface area contributed by atoms with Crippen LogP contribution >= 0.6 is 22.9 Å². The second kappa shape index (κ2) is 7.04. The fraction of sp³-hybridized carbons (Fsp3) is 0.714. The van der Waals surface area contributed by atoms with Gasteiger partial charge in [-0.3, -0.25) is 0 Å². The van der Waals surface area contributed by atoms with E-state index < -0.39 is 0 Å². The molecule has 2 rings (SSSR count). The van der Waals surface area contributed by atoms with E-state index in [0.717, 1.165) is 43.5 Å². The Labute approximate surface area is 124 Å². The number of hydrogen-bond donors (Lipinski definition) is 1. The molecule has 0 bridgehead atoms. The predicted molar refractivity (Wildman–Crippen MR) is 80.2 cm³/mol. The minimum Gasteiger partial charge on any atom is -0.381 e. The number of nitrogens with one attached hydrogen (secondary N) is 1. The van der Waals surface area contributed by atoms with Crippen molar-refractivity contribution in [2.45, 2.75) is 38.3 Å². The summed E-state index contributed by atoms with van der Waals surface area (Å²) < 4.78 is 12.5. The zero-order chi connectivity index (χ0) is 13.7. The van der Waals surface area contributed by atoms with Crippen LogP contribution in [-0.2, 0) is 9.47 Å². The molecule has 2 heterocycles. The number of rotatable bonds is 6. The summed E-state index contributed by atoms with van der Waals surface area (Å²) >= 11 is 7.73. The van der Waals surface area contributed by atoms with Gasteiger partial charge in [-0.25, -0.2) is 0 Å². The van der Waals surface area contributed by atoms with Crippen molar-refractivity contribution in [3.8, 4) is 0 Å². The minimum atomic E-state index is -0.169. The Morgan fingerprint density at radius 1 is 1.42 bits per heavy atom. The van der Waals surface area contributed by atoms with E-state index in [1.54, 1.807) is 11.3 Å². The highest BCUT2D eigenvalue weighted by Crippen LogP contribution is 2.41. The Morgan fingerprint density at radius 2 is 2.16 bits per heavy atom. The highest BCUT2D eigenvalue weighted by Gasteiger charge is 2.42. The summed E-state index contributed by atoms with van der Waals surface area (Å²) in [5, 5.41) is 3.58. The van der Waals surface area contributed by atoms with E-state index in [1.165, 1.54) is 4.88 Å². The van der Waals surface area contributed by atoms with E-state index in [4.69, 9.17) is 21.1 Å². The number of halogens is 1. The van der Waals surface area contributed by atoms with Gasteiger partial charge in [-0.2, -0.15) is 0 Å². The minimum absolute atomic E-state index is 0.169.